The SMILES string of the molecule is CCC1(CC)Oc2cc(O)ccc2N(CC(=O)NN)C1=O. The van der Waals surface area contributed by atoms with Crippen LogP contribution in [0.2, 0.25) is 0 Å². The van der Waals surface area contributed by atoms with Crippen molar-refractivity contribution in [3.05, 3.63) is 18.2 Å². The Kier molecular flexibility index (Phi) is 4.04. The molecule has 0 aliphatic carbocycles. The maximum Gasteiger partial charge on any atom is 0.271 e. The summed E-state index contributed by atoms with van der Waals surface area (Å²) in [6.07, 6.45) is 0.913. The largest absolute Gasteiger partial charge is 0.508 e. The number of anilines is 1. The molecular weight excluding hydrogens is 274 g/mol. The number of nitrogens with zero attached hydrogens (tertiary/aromatic N) is 1. The van der Waals surface area contributed by atoms with Crippen LogP contribution in [0.3, 0.4) is 0 Å². The lowest BCUT2D eigenvalue weighted by atomic mass is 9.92. The Morgan fingerprint density at radius 2 is 2.10 bits per heavy atom. The first kappa shape index (κ1) is 15.1. The van der Waals surface area contributed by atoms with Gasteiger partial charge in [0.25, 0.3) is 11.8 Å². The molecule has 0 fully saturated rings. The Bertz CT molecular complexity index is 569. The normalized spacial score (nSPS) is 16.1. The monoisotopic (exact) mass is 293 g/mol. The lowest BCUT2D eigenvalue weighted by Gasteiger charge is -2.41. The second-order valence-corrected chi connectivity index (χ2v) is 4.91. The number of nitrogens with two attached hydrogens (primary N) is 1. The van der Waals surface area contributed by atoms with Crippen molar-refractivity contribution in [2.75, 3.05) is 11.4 Å². The predicted octanol–water partition coefficient (Wildman–Crippen LogP) is 0.666. The van der Waals surface area contributed by atoms with Gasteiger partial charge in [-0.1, -0.05) is 13.8 Å². The number of benzene rings is 1. The van der Waals surface area contributed by atoms with Gasteiger partial charge in [0.2, 0.25) is 0 Å². The maximum atomic E-state index is 12.7. The van der Waals surface area contributed by atoms with Gasteiger partial charge in [-0.3, -0.25) is 19.9 Å². The topological polar surface area (TPSA) is 105 Å². The molecule has 7 heteroatoms. The Hall–Kier alpha value is -2.28. The maximum absolute atomic E-state index is 12.7. The molecule has 7 nitrogen and oxygen atoms in total. The molecule has 1 aromatic rings. The van der Waals surface area contributed by atoms with E-state index in [1.165, 1.54) is 17.0 Å². The quantitative estimate of drug-likeness (QED) is 0.430. The first-order valence-corrected chi connectivity index (χ1v) is 6.81. The van der Waals surface area contributed by atoms with Crippen molar-refractivity contribution in [1.29, 1.82) is 0 Å². The highest BCUT2D eigenvalue weighted by Crippen LogP contribution is 2.42. The zero-order chi connectivity index (χ0) is 15.6. The van der Waals surface area contributed by atoms with Gasteiger partial charge in [0.1, 0.15) is 18.0 Å². The molecule has 0 atom stereocenters. The van der Waals surface area contributed by atoms with E-state index in [4.69, 9.17) is 10.6 Å². The van der Waals surface area contributed by atoms with Gasteiger partial charge >= 0.3 is 0 Å². The standard InChI is InChI=1S/C14H19N3O4/c1-3-14(4-2)13(20)17(8-12(19)16-15)10-6-5-9(18)7-11(10)21-14/h5-7,18H,3-4,8,15H2,1-2H3,(H,16,19). The summed E-state index contributed by atoms with van der Waals surface area (Å²) in [6, 6.07) is 4.42. The van der Waals surface area contributed by atoms with Crippen molar-refractivity contribution in [3.63, 3.8) is 0 Å². The van der Waals surface area contributed by atoms with Crippen LogP contribution in [-0.2, 0) is 9.59 Å². The van der Waals surface area contributed by atoms with Crippen molar-refractivity contribution >= 4 is 17.5 Å². The Morgan fingerprint density at radius 3 is 2.67 bits per heavy atom. The molecule has 2 rings (SSSR count). The third-order valence-electron chi connectivity index (χ3n) is 3.78. The molecule has 0 saturated carbocycles. The van der Waals surface area contributed by atoms with Gasteiger partial charge < -0.3 is 9.84 Å². The van der Waals surface area contributed by atoms with Crippen molar-refractivity contribution in [2.45, 2.75) is 32.3 Å². The van der Waals surface area contributed by atoms with E-state index in [0.29, 0.717) is 24.3 Å². The minimum atomic E-state index is -1.03. The van der Waals surface area contributed by atoms with Crippen LogP contribution in [0.5, 0.6) is 11.5 Å². The van der Waals surface area contributed by atoms with E-state index in [9.17, 15) is 14.7 Å². The number of aromatic hydroxyl groups is 1. The minimum absolute atomic E-state index is 0.0347. The Morgan fingerprint density at radius 1 is 1.43 bits per heavy atom. The lowest BCUT2D eigenvalue weighted by molar-refractivity contribution is -0.137. The van der Waals surface area contributed by atoms with Gasteiger partial charge in [-0.25, -0.2) is 5.84 Å². The molecule has 2 amide bonds. The molecule has 0 bridgehead atoms. The third-order valence-corrected chi connectivity index (χ3v) is 3.78. The highest BCUT2D eigenvalue weighted by molar-refractivity contribution is 6.06. The van der Waals surface area contributed by atoms with Gasteiger partial charge in [0, 0.05) is 6.07 Å². The number of ether oxygens (including phenoxy) is 1. The van der Waals surface area contributed by atoms with E-state index in [-0.39, 0.29) is 18.2 Å². The first-order valence-electron chi connectivity index (χ1n) is 6.81. The number of nitrogens with one attached hydrogen (secondary N) is 1. The number of hydrogen-bond donors (Lipinski definition) is 3. The van der Waals surface area contributed by atoms with Gasteiger partial charge in [-0.15, -0.1) is 0 Å². The highest BCUT2D eigenvalue weighted by atomic mass is 16.5. The number of phenols is 1. The zero-order valence-corrected chi connectivity index (χ0v) is 12.0. The molecule has 0 unspecified atom stereocenters. The fraction of sp³-hybridized carbons (Fsp3) is 0.429. The number of rotatable bonds is 4. The van der Waals surface area contributed by atoms with E-state index < -0.39 is 11.5 Å². The van der Waals surface area contributed by atoms with Crippen LogP contribution in [0, 0.1) is 0 Å². The van der Waals surface area contributed by atoms with Crippen LogP contribution in [0.1, 0.15) is 26.7 Å². The highest BCUT2D eigenvalue weighted by Gasteiger charge is 2.46. The second-order valence-electron chi connectivity index (χ2n) is 4.91. The fourth-order valence-electron chi connectivity index (χ4n) is 2.46. The summed E-state index contributed by atoms with van der Waals surface area (Å²) in [4.78, 5) is 25.6. The summed E-state index contributed by atoms with van der Waals surface area (Å²) in [5, 5.41) is 9.60. The van der Waals surface area contributed by atoms with Crippen molar-refractivity contribution in [3.8, 4) is 11.5 Å². The van der Waals surface area contributed by atoms with Gasteiger partial charge in [0.05, 0.1) is 5.69 Å². The van der Waals surface area contributed by atoms with Crippen LogP contribution < -0.4 is 20.9 Å². The van der Waals surface area contributed by atoms with Crippen molar-refractivity contribution in [2.24, 2.45) is 5.84 Å². The van der Waals surface area contributed by atoms with Gasteiger partial charge in [0.15, 0.2) is 5.60 Å². The third kappa shape index (κ3) is 2.52. The van der Waals surface area contributed by atoms with E-state index in [2.05, 4.69) is 0 Å². The molecule has 114 valence electrons. The summed E-state index contributed by atoms with van der Waals surface area (Å²) < 4.78 is 5.84. The molecule has 0 aromatic heterocycles. The summed E-state index contributed by atoms with van der Waals surface area (Å²) >= 11 is 0. The number of hydrogen-bond acceptors (Lipinski definition) is 5. The van der Waals surface area contributed by atoms with Crippen LogP contribution in [0.25, 0.3) is 0 Å². The molecule has 1 aliphatic heterocycles. The van der Waals surface area contributed by atoms with Crippen LogP contribution in [0.15, 0.2) is 18.2 Å². The van der Waals surface area contributed by atoms with E-state index in [0.717, 1.165) is 0 Å². The summed E-state index contributed by atoms with van der Waals surface area (Å²) in [6.45, 7) is 3.49. The zero-order valence-electron chi connectivity index (χ0n) is 12.0. The predicted molar refractivity (Wildman–Crippen MR) is 76.7 cm³/mol. The van der Waals surface area contributed by atoms with Crippen LogP contribution >= 0.6 is 0 Å². The molecule has 0 saturated heterocycles. The molecule has 1 aromatic carbocycles. The number of fused-ring (bicyclic) bond motifs is 1. The molecule has 1 aliphatic rings. The molecule has 0 spiro atoms. The number of hydrazine groups is 1. The number of amides is 2. The Balaban J connectivity index is 2.51. The fourth-order valence-corrected chi connectivity index (χ4v) is 2.46. The Labute approximate surface area is 122 Å². The van der Waals surface area contributed by atoms with Crippen molar-refractivity contribution in [1.82, 2.24) is 5.43 Å². The average Bonchev–Trinajstić information content (AvgIpc) is 2.49. The summed E-state index contributed by atoms with van der Waals surface area (Å²) in [5.41, 5.74) is 1.43. The number of carbonyl (C=O) groups is 2. The first-order chi connectivity index (χ1) is 9.97. The smallest absolute Gasteiger partial charge is 0.271 e. The second kappa shape index (κ2) is 5.61. The molecule has 1 heterocycles. The summed E-state index contributed by atoms with van der Waals surface area (Å²) in [7, 11) is 0. The van der Waals surface area contributed by atoms with Gasteiger partial charge in [-0.2, -0.15) is 0 Å². The molecule has 21 heavy (non-hydrogen) atoms. The molecule has 4 N–H and O–H groups in total. The lowest BCUT2D eigenvalue weighted by Crippen LogP contribution is -2.57. The number of phenolic OH excluding ortho intramolecular Hbond substituents is 1. The molecular formula is C14H19N3O4. The van der Waals surface area contributed by atoms with Gasteiger partial charge in [-0.05, 0) is 25.0 Å². The van der Waals surface area contributed by atoms with Crippen molar-refractivity contribution < 1.29 is 19.4 Å². The minimum Gasteiger partial charge on any atom is -0.508 e. The van der Waals surface area contributed by atoms with E-state index in [1.54, 1.807) is 6.07 Å². The van der Waals surface area contributed by atoms with E-state index in [1.807, 2.05) is 19.3 Å². The van der Waals surface area contributed by atoms with E-state index >= 15 is 0 Å². The van der Waals surface area contributed by atoms with Crippen LogP contribution in [0.4, 0.5) is 5.69 Å². The van der Waals surface area contributed by atoms with Crippen LogP contribution in [-0.4, -0.2) is 29.1 Å². The molecule has 0 radical (unpaired) electrons. The summed E-state index contributed by atoms with van der Waals surface area (Å²) in [5.74, 6) is 4.75. The average molecular weight is 293 g/mol. The number of carbonyl (C=O) groups excluding carboxylic acids is 2.